The summed E-state index contributed by atoms with van der Waals surface area (Å²) < 4.78 is 5.57. The molecule has 0 radical (unpaired) electrons. The maximum Gasteiger partial charge on any atom is 0.251 e. The van der Waals surface area contributed by atoms with Crippen LogP contribution in [-0.4, -0.2) is 47.5 Å². The second kappa shape index (κ2) is 8.91. The molecule has 6 heteroatoms. The molecule has 154 valence electrons. The van der Waals surface area contributed by atoms with E-state index in [9.17, 15) is 4.79 Å². The molecule has 1 aliphatic heterocycles. The van der Waals surface area contributed by atoms with Crippen molar-refractivity contribution in [1.29, 1.82) is 0 Å². The number of hydrogen-bond acceptors (Lipinski definition) is 5. The molecule has 6 nitrogen and oxygen atoms in total. The molecule has 1 aliphatic carbocycles. The van der Waals surface area contributed by atoms with E-state index in [1.54, 1.807) is 19.5 Å². The van der Waals surface area contributed by atoms with Crippen LogP contribution in [0.1, 0.15) is 46.6 Å². The standard InChI is InChI=1S/C23H30N4O2/c1-16-11-25-21(12-24-16)13-26-23(28)19-5-6-22(29-2)20(10-19)9-18-7-8-27(15-18)14-17-3-4-17/h5-6,10-12,17-18H,3-4,7-9,13-15H2,1-2H3,(H,26,28). The Morgan fingerprint density at radius 1 is 1.21 bits per heavy atom. The number of benzene rings is 1. The zero-order valence-electron chi connectivity index (χ0n) is 17.4. The van der Waals surface area contributed by atoms with E-state index in [1.165, 1.54) is 32.4 Å². The van der Waals surface area contributed by atoms with Crippen LogP contribution in [0.4, 0.5) is 0 Å². The number of likely N-dealkylation sites (tertiary alicyclic amines) is 1. The summed E-state index contributed by atoms with van der Waals surface area (Å²) >= 11 is 0. The monoisotopic (exact) mass is 394 g/mol. The Labute approximate surface area is 172 Å². The Bertz CT molecular complexity index is 848. The quantitative estimate of drug-likeness (QED) is 0.746. The van der Waals surface area contributed by atoms with Gasteiger partial charge in [0, 0.05) is 24.8 Å². The Hall–Kier alpha value is -2.47. The van der Waals surface area contributed by atoms with E-state index in [0.29, 0.717) is 18.0 Å². The minimum atomic E-state index is -0.0990. The molecule has 2 aliphatic rings. The van der Waals surface area contributed by atoms with Gasteiger partial charge in [-0.2, -0.15) is 0 Å². The lowest BCUT2D eigenvalue weighted by Crippen LogP contribution is -2.24. The largest absolute Gasteiger partial charge is 0.496 e. The summed E-state index contributed by atoms with van der Waals surface area (Å²) in [5.41, 5.74) is 3.39. The second-order valence-corrected chi connectivity index (χ2v) is 8.42. The van der Waals surface area contributed by atoms with Crippen LogP contribution in [0.2, 0.25) is 0 Å². The second-order valence-electron chi connectivity index (χ2n) is 8.42. The van der Waals surface area contributed by atoms with Gasteiger partial charge in [0.25, 0.3) is 5.91 Å². The number of rotatable bonds is 8. The van der Waals surface area contributed by atoms with Crippen molar-refractivity contribution in [2.24, 2.45) is 11.8 Å². The zero-order chi connectivity index (χ0) is 20.2. The lowest BCUT2D eigenvalue weighted by atomic mass is 9.96. The summed E-state index contributed by atoms with van der Waals surface area (Å²) in [5, 5.41) is 2.94. The number of nitrogens with zero attached hydrogens (tertiary/aromatic N) is 3. The fourth-order valence-electron chi connectivity index (χ4n) is 4.08. The molecule has 1 saturated heterocycles. The van der Waals surface area contributed by atoms with Crippen LogP contribution in [0.25, 0.3) is 0 Å². The van der Waals surface area contributed by atoms with Gasteiger partial charge in [-0.05, 0) is 74.8 Å². The average molecular weight is 395 g/mol. The number of ether oxygens (including phenoxy) is 1. The molecule has 0 bridgehead atoms. The van der Waals surface area contributed by atoms with Gasteiger partial charge < -0.3 is 15.0 Å². The van der Waals surface area contributed by atoms with Crippen LogP contribution >= 0.6 is 0 Å². The number of carbonyl (C=O) groups excluding carboxylic acids is 1. The molecule has 1 atom stereocenters. The zero-order valence-corrected chi connectivity index (χ0v) is 17.4. The normalized spacial score (nSPS) is 19.3. The van der Waals surface area contributed by atoms with Crippen molar-refractivity contribution < 1.29 is 9.53 Å². The lowest BCUT2D eigenvalue weighted by molar-refractivity contribution is 0.0950. The van der Waals surface area contributed by atoms with E-state index in [0.717, 1.165) is 41.6 Å². The molecular weight excluding hydrogens is 364 g/mol. The highest BCUT2D eigenvalue weighted by Gasteiger charge is 2.29. The Morgan fingerprint density at radius 2 is 2.07 bits per heavy atom. The van der Waals surface area contributed by atoms with Gasteiger partial charge in [0.2, 0.25) is 0 Å². The minimum absolute atomic E-state index is 0.0990. The maximum atomic E-state index is 12.6. The summed E-state index contributed by atoms with van der Waals surface area (Å²) in [7, 11) is 1.70. The van der Waals surface area contributed by atoms with Crippen molar-refractivity contribution in [3.05, 3.63) is 53.1 Å². The van der Waals surface area contributed by atoms with Gasteiger partial charge in [0.15, 0.2) is 0 Å². The summed E-state index contributed by atoms with van der Waals surface area (Å²) in [6.07, 6.45) is 8.39. The van der Waals surface area contributed by atoms with Crippen molar-refractivity contribution in [3.63, 3.8) is 0 Å². The fourth-order valence-corrected chi connectivity index (χ4v) is 4.08. The van der Waals surface area contributed by atoms with Gasteiger partial charge in [0.05, 0.1) is 31.2 Å². The van der Waals surface area contributed by atoms with Crippen molar-refractivity contribution in [2.75, 3.05) is 26.7 Å². The summed E-state index contributed by atoms with van der Waals surface area (Å²) in [6, 6.07) is 5.72. The van der Waals surface area contributed by atoms with Crippen LogP contribution < -0.4 is 10.1 Å². The number of aromatic nitrogens is 2. The van der Waals surface area contributed by atoms with Crippen LogP contribution in [0.15, 0.2) is 30.6 Å². The summed E-state index contributed by atoms with van der Waals surface area (Å²) in [4.78, 5) is 23.8. The van der Waals surface area contributed by atoms with Crippen molar-refractivity contribution in [2.45, 2.75) is 39.2 Å². The molecule has 1 unspecified atom stereocenters. The first-order valence-corrected chi connectivity index (χ1v) is 10.6. The highest BCUT2D eigenvalue weighted by Crippen LogP contribution is 2.33. The van der Waals surface area contributed by atoms with Crippen LogP contribution in [0.5, 0.6) is 5.75 Å². The first-order chi connectivity index (χ1) is 14.1. The molecule has 2 aromatic rings. The highest BCUT2D eigenvalue weighted by molar-refractivity contribution is 5.94. The first kappa shape index (κ1) is 19.8. The molecule has 1 N–H and O–H groups in total. The topological polar surface area (TPSA) is 67.3 Å². The predicted octanol–water partition coefficient (Wildman–Crippen LogP) is 3.00. The number of methoxy groups -OCH3 is 1. The number of aryl methyl sites for hydroxylation is 1. The molecule has 0 spiro atoms. The summed E-state index contributed by atoms with van der Waals surface area (Å²) in [5.74, 6) is 2.34. The Balaban J connectivity index is 1.37. The lowest BCUT2D eigenvalue weighted by Gasteiger charge is -2.17. The Morgan fingerprint density at radius 3 is 2.79 bits per heavy atom. The van der Waals surface area contributed by atoms with E-state index >= 15 is 0 Å². The van der Waals surface area contributed by atoms with E-state index in [4.69, 9.17) is 4.74 Å². The van der Waals surface area contributed by atoms with Gasteiger partial charge >= 0.3 is 0 Å². The van der Waals surface area contributed by atoms with Gasteiger partial charge in [0.1, 0.15) is 5.75 Å². The van der Waals surface area contributed by atoms with Crippen LogP contribution in [0.3, 0.4) is 0 Å². The third-order valence-corrected chi connectivity index (χ3v) is 5.90. The summed E-state index contributed by atoms with van der Waals surface area (Å²) in [6.45, 7) is 5.87. The molecule has 29 heavy (non-hydrogen) atoms. The third-order valence-electron chi connectivity index (χ3n) is 5.90. The van der Waals surface area contributed by atoms with Crippen molar-refractivity contribution >= 4 is 5.91 Å². The average Bonchev–Trinajstić information content (AvgIpc) is 3.44. The number of nitrogens with one attached hydrogen (secondary N) is 1. The molecule has 2 fully saturated rings. The van der Waals surface area contributed by atoms with Crippen molar-refractivity contribution in [1.82, 2.24) is 20.2 Å². The Kier molecular flexibility index (Phi) is 6.09. The highest BCUT2D eigenvalue weighted by atomic mass is 16.5. The van der Waals surface area contributed by atoms with E-state index in [-0.39, 0.29) is 5.91 Å². The predicted molar refractivity (Wildman–Crippen MR) is 112 cm³/mol. The fraction of sp³-hybridized carbons (Fsp3) is 0.522. The van der Waals surface area contributed by atoms with E-state index < -0.39 is 0 Å². The smallest absolute Gasteiger partial charge is 0.251 e. The van der Waals surface area contributed by atoms with Gasteiger partial charge in [-0.1, -0.05) is 0 Å². The van der Waals surface area contributed by atoms with Crippen molar-refractivity contribution in [3.8, 4) is 5.75 Å². The molecule has 1 saturated carbocycles. The van der Waals surface area contributed by atoms with Crippen LogP contribution in [0, 0.1) is 18.8 Å². The minimum Gasteiger partial charge on any atom is -0.496 e. The molecule has 2 heterocycles. The first-order valence-electron chi connectivity index (χ1n) is 10.6. The van der Waals surface area contributed by atoms with Gasteiger partial charge in [-0.15, -0.1) is 0 Å². The molecule has 1 amide bonds. The third kappa shape index (κ3) is 5.32. The number of amides is 1. The van der Waals surface area contributed by atoms with E-state index in [1.807, 2.05) is 25.1 Å². The molecular formula is C23H30N4O2. The van der Waals surface area contributed by atoms with E-state index in [2.05, 4.69) is 20.2 Å². The number of carbonyl (C=O) groups is 1. The molecule has 1 aromatic carbocycles. The number of hydrogen-bond donors (Lipinski definition) is 1. The molecule has 4 rings (SSSR count). The van der Waals surface area contributed by atoms with Crippen LogP contribution in [-0.2, 0) is 13.0 Å². The van der Waals surface area contributed by atoms with Gasteiger partial charge in [-0.25, -0.2) is 0 Å². The maximum absolute atomic E-state index is 12.6. The SMILES string of the molecule is COc1ccc(C(=O)NCc2cnc(C)cn2)cc1CC1CCN(CC2CC2)C1. The molecule has 1 aromatic heterocycles. The van der Waals surface area contributed by atoms with Gasteiger partial charge in [-0.3, -0.25) is 14.8 Å².